The maximum absolute atomic E-state index is 6.14. The molecule has 1 aliphatic carbocycles. The third-order valence-corrected chi connectivity index (χ3v) is 3.61. The molecule has 0 aliphatic heterocycles. The van der Waals surface area contributed by atoms with Gasteiger partial charge in [-0.1, -0.05) is 30.2 Å². The lowest BCUT2D eigenvalue weighted by Gasteiger charge is -2.24. The fourth-order valence-corrected chi connectivity index (χ4v) is 2.59. The number of hydrogen-bond donors (Lipinski definition) is 0. The van der Waals surface area contributed by atoms with E-state index in [-0.39, 0.29) is 0 Å². The molecule has 0 amide bonds. The summed E-state index contributed by atoms with van der Waals surface area (Å²) in [7, 11) is 0. The van der Waals surface area contributed by atoms with Crippen LogP contribution >= 0.6 is 23.2 Å². The first kappa shape index (κ1) is 12.1. The molecule has 1 fully saturated rings. The van der Waals surface area contributed by atoms with E-state index in [0.29, 0.717) is 17.0 Å². The van der Waals surface area contributed by atoms with Crippen LogP contribution in [0.4, 0.5) is 0 Å². The number of benzene rings is 1. The fourth-order valence-electron chi connectivity index (χ4n) is 2.14. The summed E-state index contributed by atoms with van der Waals surface area (Å²) in [6.45, 7) is 0. The minimum Gasteiger partial charge on any atom is -0.489 e. The molecule has 0 spiro atoms. The van der Waals surface area contributed by atoms with E-state index in [1.54, 1.807) is 0 Å². The zero-order valence-electron chi connectivity index (χ0n) is 9.22. The van der Waals surface area contributed by atoms with Gasteiger partial charge in [0.1, 0.15) is 5.75 Å². The molecule has 2 rings (SSSR count). The Bertz CT molecular complexity index is 346. The van der Waals surface area contributed by atoms with Crippen LogP contribution in [0.5, 0.6) is 5.75 Å². The van der Waals surface area contributed by atoms with Crippen LogP contribution in [0.3, 0.4) is 0 Å². The SMILES string of the molecule is ClCc1cccc(Cl)c1OC1CCCCC1. The highest BCUT2D eigenvalue weighted by Gasteiger charge is 2.17. The van der Waals surface area contributed by atoms with Gasteiger partial charge in [0.15, 0.2) is 0 Å². The molecule has 16 heavy (non-hydrogen) atoms. The summed E-state index contributed by atoms with van der Waals surface area (Å²) in [5.41, 5.74) is 0.986. The molecule has 1 aromatic carbocycles. The van der Waals surface area contributed by atoms with Gasteiger partial charge in [-0.3, -0.25) is 0 Å². The van der Waals surface area contributed by atoms with E-state index in [1.165, 1.54) is 19.3 Å². The van der Waals surface area contributed by atoms with Gasteiger partial charge in [-0.25, -0.2) is 0 Å². The molecule has 0 saturated heterocycles. The van der Waals surface area contributed by atoms with E-state index in [4.69, 9.17) is 27.9 Å². The van der Waals surface area contributed by atoms with E-state index in [0.717, 1.165) is 24.2 Å². The topological polar surface area (TPSA) is 9.23 Å². The fraction of sp³-hybridized carbons (Fsp3) is 0.538. The summed E-state index contributed by atoms with van der Waals surface area (Å²) >= 11 is 12.0. The van der Waals surface area contributed by atoms with Gasteiger partial charge in [0.05, 0.1) is 17.0 Å². The molecule has 1 saturated carbocycles. The van der Waals surface area contributed by atoms with Crippen molar-refractivity contribution in [2.24, 2.45) is 0 Å². The van der Waals surface area contributed by atoms with E-state index in [2.05, 4.69) is 0 Å². The van der Waals surface area contributed by atoms with Gasteiger partial charge in [0.2, 0.25) is 0 Å². The van der Waals surface area contributed by atoms with Gasteiger partial charge >= 0.3 is 0 Å². The number of halogens is 2. The smallest absolute Gasteiger partial charge is 0.142 e. The first-order chi connectivity index (χ1) is 7.81. The average molecular weight is 259 g/mol. The molecule has 0 heterocycles. The lowest BCUT2D eigenvalue weighted by atomic mass is 9.98. The zero-order chi connectivity index (χ0) is 11.4. The average Bonchev–Trinajstić information content (AvgIpc) is 2.33. The van der Waals surface area contributed by atoms with Crippen molar-refractivity contribution in [3.8, 4) is 5.75 Å². The van der Waals surface area contributed by atoms with Gasteiger partial charge in [0.25, 0.3) is 0 Å². The predicted octanol–water partition coefficient (Wildman–Crippen LogP) is 4.79. The van der Waals surface area contributed by atoms with E-state index in [1.807, 2.05) is 18.2 Å². The number of rotatable bonds is 3. The minimum absolute atomic E-state index is 0.315. The van der Waals surface area contributed by atoms with Crippen LogP contribution in [0.15, 0.2) is 18.2 Å². The molecule has 3 heteroatoms. The monoisotopic (exact) mass is 258 g/mol. The zero-order valence-corrected chi connectivity index (χ0v) is 10.7. The third kappa shape index (κ3) is 2.83. The number of para-hydroxylation sites is 1. The Hall–Kier alpha value is -0.400. The molecule has 88 valence electrons. The quantitative estimate of drug-likeness (QED) is 0.709. The van der Waals surface area contributed by atoms with Gasteiger partial charge in [0, 0.05) is 5.56 Å². The first-order valence-electron chi connectivity index (χ1n) is 5.81. The molecule has 0 aromatic heterocycles. The normalized spacial score (nSPS) is 17.4. The molecular weight excluding hydrogens is 243 g/mol. The standard InChI is InChI=1S/C13H16Cl2O/c14-9-10-5-4-8-12(15)13(10)16-11-6-2-1-3-7-11/h4-5,8,11H,1-3,6-7,9H2. The second kappa shape index (κ2) is 5.79. The highest BCUT2D eigenvalue weighted by atomic mass is 35.5. The van der Waals surface area contributed by atoms with Gasteiger partial charge < -0.3 is 4.74 Å². The summed E-state index contributed by atoms with van der Waals surface area (Å²) in [5, 5.41) is 0.670. The number of alkyl halides is 1. The molecule has 0 atom stereocenters. The molecule has 1 aliphatic rings. The second-order valence-corrected chi connectivity index (χ2v) is 4.91. The summed E-state index contributed by atoms with van der Waals surface area (Å²) in [4.78, 5) is 0. The highest BCUT2D eigenvalue weighted by molar-refractivity contribution is 6.32. The van der Waals surface area contributed by atoms with Crippen molar-refractivity contribution in [1.29, 1.82) is 0 Å². The molecule has 0 bridgehead atoms. The lowest BCUT2D eigenvalue weighted by Crippen LogP contribution is -2.20. The van der Waals surface area contributed by atoms with Crippen LogP contribution in [0, 0.1) is 0 Å². The van der Waals surface area contributed by atoms with E-state index in [9.17, 15) is 0 Å². The van der Waals surface area contributed by atoms with Crippen LogP contribution in [0.1, 0.15) is 37.7 Å². The molecule has 0 unspecified atom stereocenters. The maximum Gasteiger partial charge on any atom is 0.142 e. The highest BCUT2D eigenvalue weighted by Crippen LogP contribution is 2.33. The second-order valence-electron chi connectivity index (χ2n) is 4.24. The van der Waals surface area contributed by atoms with Gasteiger partial charge in [-0.05, 0) is 31.7 Å². The molecule has 1 aromatic rings. The van der Waals surface area contributed by atoms with Crippen molar-refractivity contribution in [3.05, 3.63) is 28.8 Å². The van der Waals surface area contributed by atoms with Gasteiger partial charge in [-0.15, -0.1) is 11.6 Å². The van der Waals surface area contributed by atoms with Crippen molar-refractivity contribution in [1.82, 2.24) is 0 Å². The summed E-state index contributed by atoms with van der Waals surface area (Å²) in [5.74, 6) is 1.23. The Labute approximate surface area is 107 Å². The Kier molecular flexibility index (Phi) is 4.37. The molecule has 0 radical (unpaired) electrons. The Morgan fingerprint density at radius 3 is 2.62 bits per heavy atom. The van der Waals surface area contributed by atoms with Crippen molar-refractivity contribution >= 4 is 23.2 Å². The van der Waals surface area contributed by atoms with Crippen LogP contribution in [-0.2, 0) is 5.88 Å². The number of ether oxygens (including phenoxy) is 1. The Morgan fingerprint density at radius 1 is 1.19 bits per heavy atom. The molecular formula is C13H16Cl2O. The van der Waals surface area contributed by atoms with E-state index >= 15 is 0 Å². The van der Waals surface area contributed by atoms with Crippen molar-refractivity contribution in [2.45, 2.75) is 44.1 Å². The van der Waals surface area contributed by atoms with Crippen molar-refractivity contribution in [2.75, 3.05) is 0 Å². The Balaban J connectivity index is 2.12. The lowest BCUT2D eigenvalue weighted by molar-refractivity contribution is 0.154. The molecule has 1 nitrogen and oxygen atoms in total. The van der Waals surface area contributed by atoms with Crippen LogP contribution in [0.25, 0.3) is 0 Å². The number of hydrogen-bond acceptors (Lipinski definition) is 1. The van der Waals surface area contributed by atoms with Crippen LogP contribution in [-0.4, -0.2) is 6.10 Å². The van der Waals surface area contributed by atoms with Crippen molar-refractivity contribution in [3.63, 3.8) is 0 Å². The Morgan fingerprint density at radius 2 is 1.94 bits per heavy atom. The third-order valence-electron chi connectivity index (χ3n) is 3.03. The summed E-state index contributed by atoms with van der Waals surface area (Å²) < 4.78 is 5.99. The maximum atomic E-state index is 6.14. The summed E-state index contributed by atoms with van der Waals surface area (Å²) in [6, 6.07) is 5.74. The minimum atomic E-state index is 0.315. The van der Waals surface area contributed by atoms with Crippen LogP contribution < -0.4 is 4.74 Å². The van der Waals surface area contributed by atoms with Crippen molar-refractivity contribution < 1.29 is 4.74 Å². The van der Waals surface area contributed by atoms with Gasteiger partial charge in [-0.2, -0.15) is 0 Å². The first-order valence-corrected chi connectivity index (χ1v) is 6.72. The predicted molar refractivity (Wildman–Crippen MR) is 68.5 cm³/mol. The van der Waals surface area contributed by atoms with Crippen LogP contribution in [0.2, 0.25) is 5.02 Å². The summed E-state index contributed by atoms with van der Waals surface area (Å²) in [6.07, 6.45) is 6.41. The largest absolute Gasteiger partial charge is 0.489 e. The van der Waals surface area contributed by atoms with E-state index < -0.39 is 0 Å². The molecule has 0 N–H and O–H groups in total.